The van der Waals surface area contributed by atoms with E-state index >= 15 is 0 Å². The van der Waals surface area contributed by atoms with Crippen molar-refractivity contribution in [1.29, 1.82) is 0 Å². The van der Waals surface area contributed by atoms with Crippen molar-refractivity contribution in [3.05, 3.63) is 66.5 Å². The van der Waals surface area contributed by atoms with Gasteiger partial charge in [0.05, 0.1) is 24.4 Å². The van der Waals surface area contributed by atoms with E-state index < -0.39 is 11.6 Å². The molecule has 1 fully saturated rings. The molecule has 1 atom stereocenters. The molecule has 1 amide bonds. The van der Waals surface area contributed by atoms with E-state index in [0.717, 1.165) is 47.9 Å². The SMILES string of the molecule is COc1ccc(-c2cc(N3CCCC(C(=O)Nc4ccc(F)cc4F)C3)ncn2)cc1. The van der Waals surface area contributed by atoms with E-state index in [9.17, 15) is 13.6 Å². The van der Waals surface area contributed by atoms with Gasteiger partial charge in [0.2, 0.25) is 5.91 Å². The van der Waals surface area contributed by atoms with Crippen molar-refractivity contribution >= 4 is 17.4 Å². The summed E-state index contributed by atoms with van der Waals surface area (Å²) in [6.45, 7) is 1.21. The van der Waals surface area contributed by atoms with Gasteiger partial charge >= 0.3 is 0 Å². The first kappa shape index (κ1) is 20.7. The average molecular weight is 424 g/mol. The maximum absolute atomic E-state index is 13.9. The zero-order chi connectivity index (χ0) is 21.8. The summed E-state index contributed by atoms with van der Waals surface area (Å²) in [6, 6.07) is 12.6. The van der Waals surface area contributed by atoms with Crippen LogP contribution >= 0.6 is 0 Å². The maximum Gasteiger partial charge on any atom is 0.229 e. The lowest BCUT2D eigenvalue weighted by atomic mass is 9.97. The number of benzene rings is 2. The number of nitrogens with one attached hydrogen (secondary N) is 1. The van der Waals surface area contributed by atoms with Crippen molar-refractivity contribution in [3.63, 3.8) is 0 Å². The van der Waals surface area contributed by atoms with Crippen LogP contribution < -0.4 is 15.0 Å². The van der Waals surface area contributed by atoms with E-state index in [1.165, 1.54) is 12.4 Å². The molecule has 0 bridgehead atoms. The van der Waals surface area contributed by atoms with E-state index in [1.807, 2.05) is 35.2 Å². The molecule has 6 nitrogen and oxygen atoms in total. The molecule has 4 rings (SSSR count). The highest BCUT2D eigenvalue weighted by Gasteiger charge is 2.27. The molecule has 31 heavy (non-hydrogen) atoms. The minimum atomic E-state index is -0.791. The minimum absolute atomic E-state index is 0.0210. The van der Waals surface area contributed by atoms with Crippen LogP contribution in [0.4, 0.5) is 20.3 Å². The molecule has 1 aliphatic rings. The summed E-state index contributed by atoms with van der Waals surface area (Å²) in [5.74, 6) is -0.610. The van der Waals surface area contributed by atoms with Gasteiger partial charge < -0.3 is 15.0 Å². The molecule has 0 radical (unpaired) electrons. The normalized spacial score (nSPS) is 16.1. The van der Waals surface area contributed by atoms with E-state index in [-0.39, 0.29) is 17.5 Å². The van der Waals surface area contributed by atoms with Crippen LogP contribution in [0.1, 0.15) is 12.8 Å². The molecule has 3 aromatic rings. The van der Waals surface area contributed by atoms with Crippen molar-refractivity contribution in [3.8, 4) is 17.0 Å². The Labute approximate surface area is 178 Å². The maximum atomic E-state index is 13.9. The predicted molar refractivity (Wildman–Crippen MR) is 114 cm³/mol. The predicted octanol–water partition coefficient (Wildman–Crippen LogP) is 4.29. The van der Waals surface area contributed by atoms with Gasteiger partial charge in [0.1, 0.15) is 29.5 Å². The average Bonchev–Trinajstić information content (AvgIpc) is 2.81. The number of carbonyl (C=O) groups is 1. The Kier molecular flexibility index (Phi) is 6.06. The molecule has 2 heterocycles. The molecular formula is C23H22F2N4O2. The van der Waals surface area contributed by atoms with E-state index in [4.69, 9.17) is 4.74 Å². The smallest absolute Gasteiger partial charge is 0.229 e. The number of hydrogen-bond acceptors (Lipinski definition) is 5. The first-order valence-corrected chi connectivity index (χ1v) is 10.0. The van der Waals surface area contributed by atoms with Gasteiger partial charge in [-0.3, -0.25) is 4.79 Å². The van der Waals surface area contributed by atoms with Crippen LogP contribution in [0.3, 0.4) is 0 Å². The fourth-order valence-corrected chi connectivity index (χ4v) is 3.66. The van der Waals surface area contributed by atoms with Gasteiger partial charge in [-0.2, -0.15) is 0 Å². The number of piperidine rings is 1. The van der Waals surface area contributed by atoms with E-state index in [2.05, 4.69) is 15.3 Å². The molecular weight excluding hydrogens is 402 g/mol. The summed E-state index contributed by atoms with van der Waals surface area (Å²) in [6.07, 6.45) is 2.99. The fraction of sp³-hybridized carbons (Fsp3) is 0.261. The number of aromatic nitrogens is 2. The van der Waals surface area contributed by atoms with Gasteiger partial charge in [0, 0.05) is 30.8 Å². The molecule has 1 unspecified atom stereocenters. The highest BCUT2D eigenvalue weighted by Crippen LogP contribution is 2.27. The van der Waals surface area contributed by atoms with Gasteiger partial charge in [-0.25, -0.2) is 18.7 Å². The zero-order valence-corrected chi connectivity index (χ0v) is 17.0. The lowest BCUT2D eigenvalue weighted by Crippen LogP contribution is -2.41. The molecule has 1 N–H and O–H groups in total. The summed E-state index contributed by atoms with van der Waals surface area (Å²) in [5.41, 5.74) is 1.68. The van der Waals surface area contributed by atoms with Crippen LogP contribution in [0.2, 0.25) is 0 Å². The van der Waals surface area contributed by atoms with Crippen LogP contribution in [0.15, 0.2) is 54.9 Å². The molecule has 0 saturated carbocycles. The molecule has 2 aromatic carbocycles. The molecule has 160 valence electrons. The molecule has 1 aliphatic heterocycles. The number of carbonyl (C=O) groups excluding carboxylic acids is 1. The number of anilines is 2. The molecule has 1 saturated heterocycles. The third-order valence-electron chi connectivity index (χ3n) is 5.34. The lowest BCUT2D eigenvalue weighted by Gasteiger charge is -2.33. The Morgan fingerprint density at radius 3 is 2.68 bits per heavy atom. The number of amides is 1. The number of methoxy groups -OCH3 is 1. The van der Waals surface area contributed by atoms with Gasteiger partial charge in [0.15, 0.2) is 0 Å². The number of nitrogens with zero attached hydrogens (tertiary/aromatic N) is 3. The fourth-order valence-electron chi connectivity index (χ4n) is 3.66. The molecule has 0 spiro atoms. The van der Waals surface area contributed by atoms with E-state index in [0.29, 0.717) is 13.0 Å². The number of ether oxygens (including phenoxy) is 1. The molecule has 8 heteroatoms. The number of rotatable bonds is 5. The topological polar surface area (TPSA) is 67.3 Å². The summed E-state index contributed by atoms with van der Waals surface area (Å²) < 4.78 is 32.2. The third-order valence-corrected chi connectivity index (χ3v) is 5.34. The lowest BCUT2D eigenvalue weighted by molar-refractivity contribution is -0.120. The number of halogens is 2. The zero-order valence-electron chi connectivity index (χ0n) is 17.0. The Morgan fingerprint density at radius 2 is 1.94 bits per heavy atom. The Morgan fingerprint density at radius 1 is 1.13 bits per heavy atom. The Bertz CT molecular complexity index is 1080. The Balaban J connectivity index is 1.47. The van der Waals surface area contributed by atoms with Crippen LogP contribution in [-0.4, -0.2) is 36.1 Å². The van der Waals surface area contributed by atoms with Crippen LogP contribution in [0.25, 0.3) is 11.3 Å². The quantitative estimate of drug-likeness (QED) is 0.662. The second-order valence-electron chi connectivity index (χ2n) is 7.39. The largest absolute Gasteiger partial charge is 0.497 e. The monoisotopic (exact) mass is 424 g/mol. The summed E-state index contributed by atoms with van der Waals surface area (Å²) in [7, 11) is 1.62. The first-order valence-electron chi connectivity index (χ1n) is 10.0. The van der Waals surface area contributed by atoms with Crippen LogP contribution in [-0.2, 0) is 4.79 Å². The highest BCUT2D eigenvalue weighted by molar-refractivity contribution is 5.93. The summed E-state index contributed by atoms with van der Waals surface area (Å²) in [5, 5.41) is 2.58. The Hall–Kier alpha value is -3.55. The van der Waals surface area contributed by atoms with Crippen LogP contribution in [0, 0.1) is 17.6 Å². The number of hydrogen-bond donors (Lipinski definition) is 1. The van der Waals surface area contributed by atoms with Gasteiger partial charge in [-0.1, -0.05) is 0 Å². The standard InChI is InChI=1S/C23H22F2N4O2/c1-31-18-7-4-15(5-8-18)21-12-22(27-14-26-21)29-10-2-3-16(13-29)23(30)28-20-9-6-17(24)11-19(20)25/h4-9,11-12,14,16H,2-3,10,13H2,1H3,(H,28,30). The summed E-state index contributed by atoms with van der Waals surface area (Å²) >= 11 is 0. The highest BCUT2D eigenvalue weighted by atomic mass is 19.1. The first-order chi connectivity index (χ1) is 15.0. The van der Waals surface area contributed by atoms with Gasteiger partial charge in [0.25, 0.3) is 0 Å². The molecule has 1 aromatic heterocycles. The van der Waals surface area contributed by atoms with Crippen molar-refractivity contribution in [2.75, 3.05) is 30.4 Å². The second kappa shape index (κ2) is 9.07. The van der Waals surface area contributed by atoms with Crippen molar-refractivity contribution in [2.24, 2.45) is 5.92 Å². The van der Waals surface area contributed by atoms with E-state index in [1.54, 1.807) is 7.11 Å². The third kappa shape index (κ3) is 4.79. The summed E-state index contributed by atoms with van der Waals surface area (Å²) in [4.78, 5) is 23.5. The van der Waals surface area contributed by atoms with Crippen molar-refractivity contribution < 1.29 is 18.3 Å². The molecule has 0 aliphatic carbocycles. The minimum Gasteiger partial charge on any atom is -0.497 e. The van der Waals surface area contributed by atoms with Crippen molar-refractivity contribution in [1.82, 2.24) is 9.97 Å². The van der Waals surface area contributed by atoms with Gasteiger partial charge in [-0.05, 0) is 49.2 Å². The van der Waals surface area contributed by atoms with Gasteiger partial charge in [-0.15, -0.1) is 0 Å². The second-order valence-corrected chi connectivity index (χ2v) is 7.39. The van der Waals surface area contributed by atoms with Crippen molar-refractivity contribution in [2.45, 2.75) is 12.8 Å². The van der Waals surface area contributed by atoms with Crippen LogP contribution in [0.5, 0.6) is 5.75 Å².